The van der Waals surface area contributed by atoms with E-state index in [2.05, 4.69) is 4.72 Å². The Morgan fingerprint density at radius 2 is 1.89 bits per heavy atom. The van der Waals surface area contributed by atoms with Crippen molar-refractivity contribution < 1.29 is 12.8 Å². The lowest BCUT2D eigenvalue weighted by Crippen LogP contribution is -2.13. The van der Waals surface area contributed by atoms with Crippen LogP contribution in [-0.4, -0.2) is 8.42 Å². The highest BCUT2D eigenvalue weighted by molar-refractivity contribution is 7.92. The van der Waals surface area contributed by atoms with E-state index in [1.807, 2.05) is 0 Å². The molecule has 0 spiro atoms. The fourth-order valence-corrected chi connectivity index (χ4v) is 2.86. The zero-order valence-corrected chi connectivity index (χ0v) is 11.2. The predicted octanol–water partition coefficient (Wildman–Crippen LogP) is 2.86. The summed E-state index contributed by atoms with van der Waals surface area (Å²) in [5, 5.41) is 0.167. The second-order valence-electron chi connectivity index (χ2n) is 3.80. The second-order valence-corrected chi connectivity index (χ2v) is 5.89. The van der Waals surface area contributed by atoms with E-state index >= 15 is 0 Å². The van der Waals surface area contributed by atoms with Crippen LogP contribution in [0.3, 0.4) is 0 Å². The van der Waals surface area contributed by atoms with Crippen molar-refractivity contribution in [2.75, 3.05) is 10.5 Å². The topological polar surface area (TPSA) is 72.2 Å². The molecule has 3 N–H and O–H groups in total. The number of hydrogen-bond acceptors (Lipinski definition) is 3. The molecular formula is C12H10ClFN2O2S. The van der Waals surface area contributed by atoms with Gasteiger partial charge in [-0.1, -0.05) is 17.7 Å². The van der Waals surface area contributed by atoms with Crippen LogP contribution in [0.5, 0.6) is 0 Å². The van der Waals surface area contributed by atoms with Gasteiger partial charge >= 0.3 is 0 Å². The fraction of sp³-hybridized carbons (Fsp3) is 0. The van der Waals surface area contributed by atoms with Crippen LogP contribution >= 0.6 is 11.6 Å². The van der Waals surface area contributed by atoms with Gasteiger partial charge in [-0.25, -0.2) is 12.8 Å². The lowest BCUT2D eigenvalue weighted by atomic mass is 10.3. The highest BCUT2D eigenvalue weighted by Crippen LogP contribution is 2.26. The number of nitrogen functional groups attached to an aromatic ring is 1. The molecule has 0 aromatic heterocycles. The molecule has 4 nitrogen and oxygen atoms in total. The van der Waals surface area contributed by atoms with Crippen LogP contribution in [0.25, 0.3) is 0 Å². The first kappa shape index (κ1) is 13.6. The van der Waals surface area contributed by atoms with E-state index < -0.39 is 15.8 Å². The number of nitrogens with one attached hydrogen (secondary N) is 1. The standard InChI is InChI=1S/C12H10ClFN2O2S/c13-11-7-9(15)4-5-12(11)16-19(17,18)10-3-1-2-8(14)6-10/h1-7,16H,15H2. The summed E-state index contributed by atoms with van der Waals surface area (Å²) in [6.07, 6.45) is 0. The summed E-state index contributed by atoms with van der Waals surface area (Å²) in [7, 11) is -3.89. The summed E-state index contributed by atoms with van der Waals surface area (Å²) >= 11 is 5.87. The van der Waals surface area contributed by atoms with Crippen LogP contribution in [0.2, 0.25) is 5.02 Å². The van der Waals surface area contributed by atoms with Gasteiger partial charge in [-0.15, -0.1) is 0 Å². The van der Waals surface area contributed by atoms with Gasteiger partial charge in [0.25, 0.3) is 10.0 Å². The summed E-state index contributed by atoms with van der Waals surface area (Å²) in [6, 6.07) is 9.06. The molecule has 7 heteroatoms. The molecule has 0 fully saturated rings. The van der Waals surface area contributed by atoms with E-state index in [0.29, 0.717) is 5.69 Å². The highest BCUT2D eigenvalue weighted by Gasteiger charge is 2.16. The van der Waals surface area contributed by atoms with E-state index in [-0.39, 0.29) is 15.6 Å². The molecule has 0 amide bonds. The lowest BCUT2D eigenvalue weighted by Gasteiger charge is -2.10. The Labute approximate surface area is 115 Å². The van der Waals surface area contributed by atoms with Crippen molar-refractivity contribution in [3.05, 3.63) is 53.3 Å². The van der Waals surface area contributed by atoms with Crippen LogP contribution in [0.4, 0.5) is 15.8 Å². The Morgan fingerprint density at radius 1 is 1.16 bits per heavy atom. The van der Waals surface area contributed by atoms with Crippen molar-refractivity contribution in [2.24, 2.45) is 0 Å². The van der Waals surface area contributed by atoms with E-state index in [9.17, 15) is 12.8 Å². The Balaban J connectivity index is 2.36. The Hall–Kier alpha value is -1.79. The SMILES string of the molecule is Nc1ccc(NS(=O)(=O)c2cccc(F)c2)c(Cl)c1. The normalized spacial score (nSPS) is 11.3. The van der Waals surface area contributed by atoms with Gasteiger partial charge in [0.15, 0.2) is 0 Å². The first-order valence-corrected chi connectivity index (χ1v) is 7.08. The van der Waals surface area contributed by atoms with Crippen LogP contribution in [0, 0.1) is 5.82 Å². The van der Waals surface area contributed by atoms with Gasteiger partial charge in [0.05, 0.1) is 15.6 Å². The van der Waals surface area contributed by atoms with Gasteiger partial charge in [0.2, 0.25) is 0 Å². The van der Waals surface area contributed by atoms with E-state index in [1.54, 1.807) is 0 Å². The highest BCUT2D eigenvalue weighted by atomic mass is 35.5. The summed E-state index contributed by atoms with van der Waals surface area (Å²) in [5.41, 5.74) is 6.11. The molecule has 19 heavy (non-hydrogen) atoms. The van der Waals surface area contributed by atoms with Gasteiger partial charge in [-0.05, 0) is 36.4 Å². The zero-order chi connectivity index (χ0) is 14.0. The maximum Gasteiger partial charge on any atom is 0.262 e. The summed E-state index contributed by atoms with van der Waals surface area (Å²) in [4.78, 5) is -0.180. The van der Waals surface area contributed by atoms with Gasteiger partial charge in [-0.2, -0.15) is 0 Å². The Morgan fingerprint density at radius 3 is 2.53 bits per heavy atom. The summed E-state index contributed by atoms with van der Waals surface area (Å²) in [6.45, 7) is 0. The van der Waals surface area contributed by atoms with Crippen LogP contribution in [0.15, 0.2) is 47.4 Å². The monoisotopic (exact) mass is 300 g/mol. The number of rotatable bonds is 3. The van der Waals surface area contributed by atoms with Crippen molar-refractivity contribution in [3.8, 4) is 0 Å². The quantitative estimate of drug-likeness (QED) is 0.856. The average molecular weight is 301 g/mol. The second kappa shape index (κ2) is 5.07. The molecule has 0 aliphatic rings. The molecule has 2 rings (SSSR count). The first-order valence-electron chi connectivity index (χ1n) is 5.22. The molecule has 0 saturated carbocycles. The molecule has 0 bridgehead atoms. The average Bonchev–Trinajstić information content (AvgIpc) is 2.33. The van der Waals surface area contributed by atoms with E-state index in [1.165, 1.54) is 30.3 Å². The molecule has 0 aliphatic carbocycles. The largest absolute Gasteiger partial charge is 0.399 e. The number of benzene rings is 2. The number of halogens is 2. The number of hydrogen-bond donors (Lipinski definition) is 2. The van der Waals surface area contributed by atoms with Crippen molar-refractivity contribution >= 4 is 33.0 Å². The van der Waals surface area contributed by atoms with Crippen LogP contribution < -0.4 is 10.5 Å². The van der Waals surface area contributed by atoms with Gasteiger partial charge in [0.1, 0.15) is 5.82 Å². The molecule has 0 heterocycles. The minimum Gasteiger partial charge on any atom is -0.399 e. The van der Waals surface area contributed by atoms with Crippen molar-refractivity contribution in [2.45, 2.75) is 4.90 Å². The molecule has 2 aromatic carbocycles. The van der Waals surface area contributed by atoms with Gasteiger partial charge < -0.3 is 5.73 Å². The fourth-order valence-electron chi connectivity index (χ4n) is 1.45. The maximum absolute atomic E-state index is 13.0. The zero-order valence-electron chi connectivity index (χ0n) is 9.60. The third kappa shape index (κ3) is 3.15. The Kier molecular flexibility index (Phi) is 3.64. The maximum atomic E-state index is 13.0. The van der Waals surface area contributed by atoms with E-state index in [4.69, 9.17) is 17.3 Å². The van der Waals surface area contributed by atoms with Crippen molar-refractivity contribution in [3.63, 3.8) is 0 Å². The number of sulfonamides is 1. The molecular weight excluding hydrogens is 291 g/mol. The van der Waals surface area contributed by atoms with Crippen molar-refractivity contribution in [1.82, 2.24) is 0 Å². The third-order valence-electron chi connectivity index (χ3n) is 2.34. The van der Waals surface area contributed by atoms with E-state index in [0.717, 1.165) is 12.1 Å². The molecule has 0 radical (unpaired) electrons. The van der Waals surface area contributed by atoms with Crippen LogP contribution in [0.1, 0.15) is 0 Å². The smallest absolute Gasteiger partial charge is 0.262 e. The minimum absolute atomic E-state index is 0.167. The molecule has 0 saturated heterocycles. The molecule has 0 aliphatic heterocycles. The summed E-state index contributed by atoms with van der Waals surface area (Å²) < 4.78 is 39.4. The van der Waals surface area contributed by atoms with Crippen LogP contribution in [-0.2, 0) is 10.0 Å². The number of nitrogens with two attached hydrogens (primary N) is 1. The molecule has 100 valence electrons. The van der Waals surface area contributed by atoms with Crippen molar-refractivity contribution in [1.29, 1.82) is 0 Å². The van der Waals surface area contributed by atoms with Gasteiger partial charge in [-0.3, -0.25) is 4.72 Å². The number of anilines is 2. The third-order valence-corrected chi connectivity index (χ3v) is 4.02. The summed E-state index contributed by atoms with van der Waals surface area (Å²) in [5.74, 6) is -0.633. The molecule has 0 atom stereocenters. The predicted molar refractivity (Wildman–Crippen MR) is 73.1 cm³/mol. The lowest BCUT2D eigenvalue weighted by molar-refractivity contribution is 0.595. The molecule has 2 aromatic rings. The minimum atomic E-state index is -3.89. The Bertz CT molecular complexity index is 719. The first-order chi connectivity index (χ1) is 8.88. The van der Waals surface area contributed by atoms with Gasteiger partial charge in [0, 0.05) is 5.69 Å². The molecule has 0 unspecified atom stereocenters.